The van der Waals surface area contributed by atoms with E-state index < -0.39 is 0 Å². The minimum Gasteiger partial charge on any atom is -0.516 e. The quantitative estimate of drug-likeness (QED) is 0.512. The van der Waals surface area contributed by atoms with Gasteiger partial charge in [-0.15, -0.1) is 12.4 Å². The van der Waals surface area contributed by atoms with Crippen LogP contribution in [0.1, 0.15) is 0 Å². The normalized spacial score (nSPS) is 6.00. The van der Waals surface area contributed by atoms with Crippen molar-refractivity contribution in [2.75, 3.05) is 21.1 Å². The van der Waals surface area contributed by atoms with Gasteiger partial charge in [-0.25, -0.2) is 0 Å². The third-order valence-corrected chi connectivity index (χ3v) is 0. The number of hydrogen-bond donors (Lipinski definition) is 1. The van der Waals surface area contributed by atoms with Gasteiger partial charge in [0.1, 0.15) is 0 Å². The topological polar surface area (TPSA) is 23.5 Å². The lowest BCUT2D eigenvalue weighted by Gasteiger charge is -1.90. The maximum Gasteiger partial charge on any atom is 0.0719 e. The highest BCUT2D eigenvalue weighted by atomic mass is 35.5. The molecule has 0 saturated heterocycles. The van der Waals surface area contributed by atoms with Crippen LogP contribution in [0.15, 0.2) is 12.8 Å². The van der Waals surface area contributed by atoms with Crippen LogP contribution in [0.25, 0.3) is 0 Å². The van der Waals surface area contributed by atoms with Crippen molar-refractivity contribution in [3.63, 3.8) is 0 Å². The van der Waals surface area contributed by atoms with Gasteiger partial charge in [-0.1, -0.05) is 6.58 Å². The zero-order valence-electron chi connectivity index (χ0n) is 5.59. The Morgan fingerprint density at radius 3 is 1.38 bits per heavy atom. The van der Waals surface area contributed by atoms with Crippen molar-refractivity contribution in [2.45, 2.75) is 0 Å². The molecule has 0 saturated carbocycles. The van der Waals surface area contributed by atoms with Crippen LogP contribution in [-0.2, 0) is 0 Å². The van der Waals surface area contributed by atoms with Gasteiger partial charge in [0.2, 0.25) is 0 Å². The second-order valence-electron chi connectivity index (χ2n) is 1.52. The van der Waals surface area contributed by atoms with Gasteiger partial charge in [-0.2, -0.15) is 0 Å². The zero-order chi connectivity index (χ0) is 6.28. The van der Waals surface area contributed by atoms with E-state index in [4.69, 9.17) is 5.11 Å². The van der Waals surface area contributed by atoms with Crippen molar-refractivity contribution in [3.05, 3.63) is 12.8 Å². The Morgan fingerprint density at radius 1 is 1.38 bits per heavy atom. The first-order valence-electron chi connectivity index (χ1n) is 2.01. The summed E-state index contributed by atoms with van der Waals surface area (Å²) in [7, 11) is 6.00. The fraction of sp³-hybridized carbons (Fsp3) is 0.600. The van der Waals surface area contributed by atoms with E-state index in [2.05, 4.69) is 6.58 Å². The Kier molecular flexibility index (Phi) is 31.0. The predicted octanol–water partition coefficient (Wildman–Crippen LogP) is 1.29. The second-order valence-corrected chi connectivity index (χ2v) is 1.52. The lowest BCUT2D eigenvalue weighted by molar-refractivity contribution is 0.476. The highest BCUT2D eigenvalue weighted by Crippen LogP contribution is 1.47. The maximum atomic E-state index is 7.33. The SMILES string of the molecule is C=CO.CN(C)C.Cl. The van der Waals surface area contributed by atoms with Crippen molar-refractivity contribution in [1.82, 2.24) is 4.90 Å². The van der Waals surface area contributed by atoms with Crippen LogP contribution in [0, 0.1) is 0 Å². The van der Waals surface area contributed by atoms with Gasteiger partial charge in [-0.05, 0) is 21.1 Å². The molecular formula is C5H14ClNO. The Hall–Kier alpha value is -0.210. The molecule has 0 aliphatic rings. The van der Waals surface area contributed by atoms with Gasteiger partial charge in [0.05, 0.1) is 6.26 Å². The summed E-state index contributed by atoms with van der Waals surface area (Å²) in [6, 6.07) is 0. The Balaban J connectivity index is -0.0000000575. The van der Waals surface area contributed by atoms with Crippen molar-refractivity contribution in [3.8, 4) is 0 Å². The summed E-state index contributed by atoms with van der Waals surface area (Å²) in [4.78, 5) is 2.00. The minimum atomic E-state index is 0. The molecule has 0 aromatic rings. The van der Waals surface area contributed by atoms with E-state index in [0.29, 0.717) is 0 Å². The molecule has 0 spiro atoms. The molecule has 8 heavy (non-hydrogen) atoms. The summed E-state index contributed by atoms with van der Waals surface area (Å²) < 4.78 is 0. The molecule has 2 nitrogen and oxygen atoms in total. The van der Waals surface area contributed by atoms with E-state index >= 15 is 0 Å². The molecule has 0 radical (unpaired) electrons. The van der Waals surface area contributed by atoms with Gasteiger partial charge in [-0.3, -0.25) is 0 Å². The van der Waals surface area contributed by atoms with E-state index in [1.165, 1.54) is 0 Å². The van der Waals surface area contributed by atoms with E-state index in [9.17, 15) is 0 Å². The largest absolute Gasteiger partial charge is 0.516 e. The molecule has 0 amide bonds. The van der Waals surface area contributed by atoms with Crippen LogP contribution in [0.3, 0.4) is 0 Å². The Morgan fingerprint density at radius 2 is 1.38 bits per heavy atom. The zero-order valence-corrected chi connectivity index (χ0v) is 6.40. The predicted molar refractivity (Wildman–Crippen MR) is 39.7 cm³/mol. The number of aliphatic hydroxyl groups excluding tert-OH is 1. The van der Waals surface area contributed by atoms with Crippen molar-refractivity contribution in [2.24, 2.45) is 0 Å². The fourth-order valence-corrected chi connectivity index (χ4v) is 0. The summed E-state index contributed by atoms with van der Waals surface area (Å²) >= 11 is 0. The molecule has 52 valence electrons. The van der Waals surface area contributed by atoms with Gasteiger partial charge in [0, 0.05) is 0 Å². The van der Waals surface area contributed by atoms with Crippen LogP contribution >= 0.6 is 12.4 Å². The molecule has 0 aliphatic heterocycles. The molecule has 0 unspecified atom stereocenters. The number of hydrogen-bond acceptors (Lipinski definition) is 2. The van der Waals surface area contributed by atoms with Crippen molar-refractivity contribution >= 4 is 12.4 Å². The molecule has 0 heterocycles. The Labute approximate surface area is 57.2 Å². The third kappa shape index (κ3) is 3010. The van der Waals surface area contributed by atoms with E-state index in [-0.39, 0.29) is 12.4 Å². The van der Waals surface area contributed by atoms with Gasteiger partial charge >= 0.3 is 0 Å². The first kappa shape index (κ1) is 15.7. The lowest BCUT2D eigenvalue weighted by Crippen LogP contribution is -1.99. The third-order valence-electron chi connectivity index (χ3n) is 0. The van der Waals surface area contributed by atoms with Crippen LogP contribution in [-0.4, -0.2) is 31.1 Å². The average Bonchev–Trinajstić information content (AvgIpc) is 1.33. The molecule has 0 aromatic heterocycles. The minimum absolute atomic E-state index is 0. The monoisotopic (exact) mass is 139 g/mol. The standard InChI is InChI=1S/C3H9N.C2H4O.ClH/c1-4(2)3;1-2-3;/h1-3H3;2-3H,1H2;1H. The number of halogens is 1. The van der Waals surface area contributed by atoms with Crippen LogP contribution in [0.4, 0.5) is 0 Å². The van der Waals surface area contributed by atoms with E-state index in [1.807, 2.05) is 26.0 Å². The summed E-state index contributed by atoms with van der Waals surface area (Å²) in [5.74, 6) is 0. The van der Waals surface area contributed by atoms with Crippen LogP contribution in [0.5, 0.6) is 0 Å². The van der Waals surface area contributed by atoms with E-state index in [1.54, 1.807) is 0 Å². The Bertz CT molecular complexity index is 36.7. The van der Waals surface area contributed by atoms with Gasteiger partial charge in [0.25, 0.3) is 0 Å². The molecule has 0 aromatic carbocycles. The fourth-order valence-electron chi connectivity index (χ4n) is 0. The molecule has 0 rings (SSSR count). The highest BCUT2D eigenvalue weighted by molar-refractivity contribution is 5.85. The molecule has 0 bridgehead atoms. The molecular weight excluding hydrogens is 126 g/mol. The highest BCUT2D eigenvalue weighted by Gasteiger charge is 1.58. The van der Waals surface area contributed by atoms with Crippen LogP contribution in [0.2, 0.25) is 0 Å². The number of rotatable bonds is 0. The summed E-state index contributed by atoms with van der Waals surface area (Å²) in [5.41, 5.74) is 0. The molecule has 1 N–H and O–H groups in total. The summed E-state index contributed by atoms with van der Waals surface area (Å²) in [6.45, 7) is 2.92. The van der Waals surface area contributed by atoms with E-state index in [0.717, 1.165) is 6.26 Å². The average molecular weight is 140 g/mol. The van der Waals surface area contributed by atoms with Gasteiger partial charge in [0.15, 0.2) is 0 Å². The van der Waals surface area contributed by atoms with Crippen LogP contribution < -0.4 is 0 Å². The molecule has 0 atom stereocenters. The second kappa shape index (κ2) is 15.8. The smallest absolute Gasteiger partial charge is 0.0719 e. The molecule has 3 heteroatoms. The molecule has 0 aliphatic carbocycles. The number of aliphatic hydroxyl groups is 1. The summed E-state index contributed by atoms with van der Waals surface area (Å²) in [6.07, 6.45) is 0.750. The lowest BCUT2D eigenvalue weighted by atomic mass is 11.0. The molecule has 0 fully saturated rings. The maximum absolute atomic E-state index is 7.33. The van der Waals surface area contributed by atoms with Crippen molar-refractivity contribution < 1.29 is 5.11 Å². The van der Waals surface area contributed by atoms with Crippen molar-refractivity contribution in [1.29, 1.82) is 0 Å². The van der Waals surface area contributed by atoms with Gasteiger partial charge < -0.3 is 10.0 Å². The first-order chi connectivity index (χ1) is 3.15. The number of nitrogens with zero attached hydrogens (tertiary/aromatic N) is 1. The first-order valence-corrected chi connectivity index (χ1v) is 2.01. The summed E-state index contributed by atoms with van der Waals surface area (Å²) in [5, 5.41) is 7.33.